The lowest BCUT2D eigenvalue weighted by Gasteiger charge is -2.12. The van der Waals surface area contributed by atoms with Crippen LogP contribution in [0.25, 0.3) is 21.1 Å². The number of thiazole rings is 1. The minimum atomic E-state index is -0.378. The Morgan fingerprint density at radius 3 is 2.55 bits per heavy atom. The zero-order chi connectivity index (χ0) is 28.9. The molecule has 0 aliphatic rings. The second-order valence-electron chi connectivity index (χ2n) is 9.05. The van der Waals surface area contributed by atoms with Crippen LogP contribution in [0, 0.1) is 6.92 Å². The van der Waals surface area contributed by atoms with Gasteiger partial charge in [0.15, 0.2) is 0 Å². The van der Waals surface area contributed by atoms with Gasteiger partial charge in [-0.15, -0.1) is 22.7 Å². The second kappa shape index (κ2) is 12.0. The van der Waals surface area contributed by atoms with Crippen molar-refractivity contribution in [3.05, 3.63) is 113 Å². The van der Waals surface area contributed by atoms with Crippen LogP contribution in [0.2, 0.25) is 0 Å². The predicted octanol–water partition coefficient (Wildman–Crippen LogP) is 6.68. The number of aryl methyl sites for hydroxylation is 1. The van der Waals surface area contributed by atoms with E-state index in [9.17, 15) is 9.59 Å². The highest BCUT2D eigenvalue weighted by molar-refractivity contribution is 7.20. The molecule has 3 N–H and O–H groups in total. The number of nitrogens with zero attached hydrogens (tertiary/aromatic N) is 5. The molecule has 5 aromatic heterocycles. The van der Waals surface area contributed by atoms with Crippen LogP contribution < -0.4 is 16.0 Å². The second-order valence-corrected chi connectivity index (χ2v) is 10.9. The number of benzene rings is 1. The Hall–Kier alpha value is -5.33. The van der Waals surface area contributed by atoms with Crippen molar-refractivity contribution in [2.75, 3.05) is 16.0 Å². The van der Waals surface area contributed by atoms with Gasteiger partial charge in [0, 0.05) is 47.1 Å². The van der Waals surface area contributed by atoms with Crippen LogP contribution in [0.5, 0.6) is 0 Å². The molecule has 0 atom stereocenters. The van der Waals surface area contributed by atoms with Gasteiger partial charge in [-0.3, -0.25) is 19.6 Å². The van der Waals surface area contributed by atoms with Crippen molar-refractivity contribution in [3.8, 4) is 21.1 Å². The topological polar surface area (TPSA) is 135 Å². The lowest BCUT2D eigenvalue weighted by atomic mass is 10.1. The molecular formula is C30H22N8O2S2. The number of thiophene rings is 1. The average molecular weight is 591 g/mol. The summed E-state index contributed by atoms with van der Waals surface area (Å²) in [6.07, 6.45) is 8.04. The number of anilines is 4. The number of hydrogen-bond acceptors (Lipinski definition) is 10. The highest BCUT2D eigenvalue weighted by atomic mass is 32.1. The molecule has 42 heavy (non-hydrogen) atoms. The lowest BCUT2D eigenvalue weighted by Crippen LogP contribution is -2.15. The van der Waals surface area contributed by atoms with Crippen molar-refractivity contribution in [2.45, 2.75) is 6.92 Å². The first-order valence-corrected chi connectivity index (χ1v) is 14.5. The largest absolute Gasteiger partial charge is 0.324 e. The van der Waals surface area contributed by atoms with Gasteiger partial charge in [0.05, 0.1) is 28.0 Å². The SMILES string of the molecule is Cc1ccc(NC(=O)c2cncc(NC(=O)c3csc(-c4cccs4)n3)c2)cc1Nc1nccc(-c2cccnc2)n1. The highest BCUT2D eigenvalue weighted by Crippen LogP contribution is 2.28. The van der Waals surface area contributed by atoms with Crippen LogP contribution in [0.3, 0.4) is 0 Å². The van der Waals surface area contributed by atoms with E-state index in [2.05, 4.69) is 40.9 Å². The molecule has 6 rings (SSSR count). The maximum Gasteiger partial charge on any atom is 0.275 e. The molecule has 0 aliphatic heterocycles. The number of rotatable bonds is 8. The Labute approximate surface area is 248 Å². The fraction of sp³-hybridized carbons (Fsp3) is 0.0333. The van der Waals surface area contributed by atoms with Crippen molar-refractivity contribution in [1.29, 1.82) is 0 Å². The van der Waals surface area contributed by atoms with Crippen LogP contribution in [-0.4, -0.2) is 36.7 Å². The van der Waals surface area contributed by atoms with E-state index in [4.69, 9.17) is 0 Å². The van der Waals surface area contributed by atoms with E-state index in [1.807, 2.05) is 48.7 Å². The highest BCUT2D eigenvalue weighted by Gasteiger charge is 2.15. The van der Waals surface area contributed by atoms with E-state index < -0.39 is 0 Å². The summed E-state index contributed by atoms with van der Waals surface area (Å²) in [4.78, 5) is 48.5. The van der Waals surface area contributed by atoms with Gasteiger partial charge in [0.2, 0.25) is 5.95 Å². The van der Waals surface area contributed by atoms with Gasteiger partial charge in [-0.05, 0) is 60.3 Å². The molecule has 0 saturated carbocycles. The molecule has 0 aliphatic carbocycles. The van der Waals surface area contributed by atoms with Crippen LogP contribution in [-0.2, 0) is 0 Å². The predicted molar refractivity (Wildman–Crippen MR) is 165 cm³/mol. The van der Waals surface area contributed by atoms with Gasteiger partial charge >= 0.3 is 0 Å². The molecule has 5 heterocycles. The Morgan fingerprint density at radius 1 is 0.810 bits per heavy atom. The Bertz CT molecular complexity index is 1870. The third-order valence-electron chi connectivity index (χ3n) is 6.08. The van der Waals surface area contributed by atoms with Crippen LogP contribution >= 0.6 is 22.7 Å². The fourth-order valence-electron chi connectivity index (χ4n) is 3.97. The maximum absolute atomic E-state index is 13.1. The molecule has 206 valence electrons. The Balaban J connectivity index is 1.13. The molecule has 2 amide bonds. The average Bonchev–Trinajstić information content (AvgIpc) is 3.73. The van der Waals surface area contributed by atoms with E-state index in [0.717, 1.165) is 32.4 Å². The van der Waals surface area contributed by atoms with Crippen molar-refractivity contribution in [3.63, 3.8) is 0 Å². The first-order chi connectivity index (χ1) is 20.5. The summed E-state index contributed by atoms with van der Waals surface area (Å²) in [6, 6.07) is 16.6. The zero-order valence-corrected chi connectivity index (χ0v) is 23.7. The fourth-order valence-corrected chi connectivity index (χ4v) is 5.59. The monoisotopic (exact) mass is 590 g/mol. The van der Waals surface area contributed by atoms with E-state index in [1.54, 1.807) is 53.5 Å². The zero-order valence-electron chi connectivity index (χ0n) is 22.1. The molecule has 0 bridgehead atoms. The molecule has 0 radical (unpaired) electrons. The number of nitrogens with one attached hydrogen (secondary N) is 3. The number of hydrogen-bond donors (Lipinski definition) is 3. The smallest absolute Gasteiger partial charge is 0.275 e. The molecule has 0 saturated heterocycles. The van der Waals surface area contributed by atoms with Gasteiger partial charge < -0.3 is 16.0 Å². The van der Waals surface area contributed by atoms with Gasteiger partial charge in [-0.2, -0.15) is 0 Å². The van der Waals surface area contributed by atoms with Gasteiger partial charge in [-0.25, -0.2) is 15.0 Å². The number of pyridine rings is 2. The van der Waals surface area contributed by atoms with E-state index in [0.29, 0.717) is 23.0 Å². The first-order valence-electron chi connectivity index (χ1n) is 12.7. The normalized spacial score (nSPS) is 10.7. The molecule has 0 unspecified atom stereocenters. The number of aromatic nitrogens is 5. The summed E-state index contributed by atoms with van der Waals surface area (Å²) < 4.78 is 0. The van der Waals surface area contributed by atoms with Crippen LogP contribution in [0.4, 0.5) is 23.0 Å². The number of carbonyl (C=O) groups is 2. The van der Waals surface area contributed by atoms with Crippen molar-refractivity contribution in [2.24, 2.45) is 0 Å². The molecular weight excluding hydrogens is 569 g/mol. The van der Waals surface area contributed by atoms with Gasteiger partial charge in [-0.1, -0.05) is 12.1 Å². The lowest BCUT2D eigenvalue weighted by molar-refractivity contribution is 0.101. The minimum absolute atomic E-state index is 0.285. The molecule has 12 heteroatoms. The third-order valence-corrected chi connectivity index (χ3v) is 7.96. The molecule has 6 aromatic rings. The third kappa shape index (κ3) is 6.19. The summed E-state index contributed by atoms with van der Waals surface area (Å²) in [5, 5.41) is 13.3. The number of amides is 2. The molecule has 1 aromatic carbocycles. The van der Waals surface area contributed by atoms with E-state index in [-0.39, 0.29) is 17.4 Å². The maximum atomic E-state index is 13.1. The quantitative estimate of drug-likeness (QED) is 0.179. The Morgan fingerprint density at radius 2 is 1.71 bits per heavy atom. The van der Waals surface area contributed by atoms with Gasteiger partial charge in [0.1, 0.15) is 10.7 Å². The molecule has 0 fully saturated rings. The van der Waals surface area contributed by atoms with E-state index >= 15 is 0 Å². The standard InChI is InChI=1S/C30H22N8O2S2/c1-18-6-7-21(13-24(18)38-30-33-10-8-23(37-30)19-4-2-9-31-14-19)34-27(39)20-12-22(16-32-15-20)35-28(40)25-17-42-29(36-25)26-5-3-11-41-26/h2-17H,1H3,(H,34,39)(H,35,40)(H,33,37,38). The van der Waals surface area contributed by atoms with Crippen molar-refractivity contribution >= 4 is 57.5 Å². The van der Waals surface area contributed by atoms with E-state index in [1.165, 1.54) is 23.7 Å². The van der Waals surface area contributed by atoms with Crippen molar-refractivity contribution < 1.29 is 9.59 Å². The summed E-state index contributed by atoms with van der Waals surface area (Å²) in [5.41, 5.74) is 4.83. The van der Waals surface area contributed by atoms with Crippen LogP contribution in [0.15, 0.2) is 96.3 Å². The first kappa shape index (κ1) is 26.9. The summed E-state index contributed by atoms with van der Waals surface area (Å²) in [5.74, 6) is -0.340. The molecule has 0 spiro atoms. The summed E-state index contributed by atoms with van der Waals surface area (Å²) in [7, 11) is 0. The van der Waals surface area contributed by atoms with Crippen molar-refractivity contribution in [1.82, 2.24) is 24.9 Å². The summed E-state index contributed by atoms with van der Waals surface area (Å²) in [6.45, 7) is 1.95. The Kier molecular flexibility index (Phi) is 7.70. The van der Waals surface area contributed by atoms with Gasteiger partial charge in [0.25, 0.3) is 11.8 Å². The van der Waals surface area contributed by atoms with Crippen LogP contribution in [0.1, 0.15) is 26.4 Å². The summed E-state index contributed by atoms with van der Waals surface area (Å²) >= 11 is 2.96. The molecule has 10 nitrogen and oxygen atoms in total. The minimum Gasteiger partial charge on any atom is -0.324 e. The number of carbonyl (C=O) groups excluding carboxylic acids is 2.